The van der Waals surface area contributed by atoms with Gasteiger partial charge in [-0.2, -0.15) is 5.10 Å². The van der Waals surface area contributed by atoms with Crippen LogP contribution in [-0.2, 0) is 12.1 Å². The van der Waals surface area contributed by atoms with Gasteiger partial charge in [-0.3, -0.25) is 5.32 Å². The van der Waals surface area contributed by atoms with Crippen LogP contribution in [0.15, 0.2) is 30.3 Å². The van der Waals surface area contributed by atoms with Gasteiger partial charge in [-0.1, -0.05) is 12.1 Å². The number of hydrogen-bond acceptors (Lipinski definition) is 3. The predicted molar refractivity (Wildman–Crippen MR) is 91.2 cm³/mol. The average Bonchev–Trinajstić information content (AvgIpc) is 2.86. The number of rotatable bonds is 4. The minimum atomic E-state index is -0.995. The number of carboxylic acids is 1. The van der Waals surface area contributed by atoms with E-state index in [0.717, 1.165) is 5.69 Å². The number of aryl methyl sites for hydroxylation is 1. The summed E-state index contributed by atoms with van der Waals surface area (Å²) in [4.78, 5) is 23.1. The topological polar surface area (TPSA) is 96.3 Å². The Morgan fingerprint density at radius 3 is 2.58 bits per heavy atom. The first kappa shape index (κ1) is 17.5. The van der Waals surface area contributed by atoms with Gasteiger partial charge in [0.05, 0.1) is 16.8 Å². The Labute approximate surface area is 140 Å². The third kappa shape index (κ3) is 4.34. The Hall–Kier alpha value is -2.83. The number of aromatic nitrogens is 2. The summed E-state index contributed by atoms with van der Waals surface area (Å²) >= 11 is 0. The van der Waals surface area contributed by atoms with Gasteiger partial charge < -0.3 is 10.4 Å². The normalized spacial score (nSPS) is 11.2. The van der Waals surface area contributed by atoms with Crippen molar-refractivity contribution in [3.05, 3.63) is 47.2 Å². The Morgan fingerprint density at radius 2 is 1.96 bits per heavy atom. The van der Waals surface area contributed by atoms with Gasteiger partial charge in [0.15, 0.2) is 0 Å². The van der Waals surface area contributed by atoms with E-state index < -0.39 is 5.97 Å². The minimum Gasteiger partial charge on any atom is -0.478 e. The summed E-state index contributed by atoms with van der Waals surface area (Å²) in [5.74, 6) is -0.386. The molecule has 7 nitrogen and oxygen atoms in total. The molecule has 0 atom stereocenters. The molecule has 0 saturated heterocycles. The molecule has 0 spiro atoms. The number of anilines is 1. The van der Waals surface area contributed by atoms with E-state index in [-0.39, 0.29) is 23.7 Å². The van der Waals surface area contributed by atoms with Crippen molar-refractivity contribution >= 4 is 17.8 Å². The van der Waals surface area contributed by atoms with Gasteiger partial charge in [-0.25, -0.2) is 14.3 Å². The van der Waals surface area contributed by atoms with Crippen molar-refractivity contribution in [2.75, 3.05) is 5.32 Å². The van der Waals surface area contributed by atoms with Crippen molar-refractivity contribution in [1.82, 2.24) is 15.1 Å². The number of aromatic carboxylic acids is 1. The highest BCUT2D eigenvalue weighted by atomic mass is 16.4. The van der Waals surface area contributed by atoms with Crippen LogP contribution in [0, 0.1) is 6.92 Å². The van der Waals surface area contributed by atoms with Crippen LogP contribution in [-0.4, -0.2) is 26.9 Å². The number of carboxylic acid groups (broad SMARTS) is 1. The molecule has 2 aromatic rings. The maximum absolute atomic E-state index is 12.1. The zero-order valence-corrected chi connectivity index (χ0v) is 14.3. The number of urea groups is 1. The molecule has 1 heterocycles. The van der Waals surface area contributed by atoms with Crippen LogP contribution in [0.3, 0.4) is 0 Å². The zero-order chi connectivity index (χ0) is 17.9. The molecule has 7 heteroatoms. The second-order valence-corrected chi connectivity index (χ2v) is 6.57. The monoisotopic (exact) mass is 330 g/mol. The number of hydrogen-bond donors (Lipinski definition) is 3. The van der Waals surface area contributed by atoms with Crippen molar-refractivity contribution in [2.24, 2.45) is 0 Å². The molecule has 1 aromatic heterocycles. The molecular weight excluding hydrogens is 308 g/mol. The van der Waals surface area contributed by atoms with Gasteiger partial charge in [0.1, 0.15) is 5.82 Å². The smallest absolute Gasteiger partial charge is 0.335 e. The zero-order valence-electron chi connectivity index (χ0n) is 14.3. The third-order valence-electron chi connectivity index (χ3n) is 3.34. The van der Waals surface area contributed by atoms with Gasteiger partial charge in [0.2, 0.25) is 0 Å². The lowest BCUT2D eigenvalue weighted by Gasteiger charge is -2.22. The Morgan fingerprint density at radius 1 is 1.25 bits per heavy atom. The third-order valence-corrected chi connectivity index (χ3v) is 3.34. The molecule has 0 aliphatic carbocycles. The van der Waals surface area contributed by atoms with Crippen molar-refractivity contribution < 1.29 is 14.7 Å². The molecule has 0 fully saturated rings. The lowest BCUT2D eigenvalue weighted by Crippen LogP contribution is -2.32. The van der Waals surface area contributed by atoms with E-state index in [1.807, 2.05) is 27.7 Å². The lowest BCUT2D eigenvalue weighted by atomic mass is 10.1. The molecule has 0 radical (unpaired) electrons. The molecule has 3 N–H and O–H groups in total. The van der Waals surface area contributed by atoms with E-state index in [1.165, 1.54) is 12.1 Å². The van der Waals surface area contributed by atoms with Gasteiger partial charge in [-0.05, 0) is 45.4 Å². The Bertz CT molecular complexity index is 759. The van der Waals surface area contributed by atoms with Gasteiger partial charge >= 0.3 is 12.0 Å². The molecule has 0 bridgehead atoms. The molecule has 0 unspecified atom stereocenters. The second kappa shape index (κ2) is 6.74. The highest BCUT2D eigenvalue weighted by Crippen LogP contribution is 2.21. The van der Waals surface area contributed by atoms with E-state index >= 15 is 0 Å². The molecule has 2 rings (SSSR count). The molecule has 2 amide bonds. The number of carbonyl (C=O) groups is 2. The fourth-order valence-corrected chi connectivity index (χ4v) is 2.26. The lowest BCUT2D eigenvalue weighted by molar-refractivity contribution is 0.0696. The predicted octanol–water partition coefficient (Wildman–Crippen LogP) is 2.97. The number of nitrogens with one attached hydrogen (secondary N) is 2. The molecule has 0 aliphatic rings. The maximum atomic E-state index is 12.1. The number of benzene rings is 1. The number of nitrogens with zero attached hydrogens (tertiary/aromatic N) is 2. The van der Waals surface area contributed by atoms with Crippen LogP contribution in [0.4, 0.5) is 10.6 Å². The fourth-order valence-electron chi connectivity index (χ4n) is 2.26. The molecule has 128 valence electrons. The van der Waals surface area contributed by atoms with Crippen LogP contribution in [0.25, 0.3) is 0 Å². The van der Waals surface area contributed by atoms with Crippen LogP contribution in [0.2, 0.25) is 0 Å². The largest absolute Gasteiger partial charge is 0.478 e. The summed E-state index contributed by atoms with van der Waals surface area (Å²) < 4.78 is 1.76. The molecule has 0 saturated carbocycles. The van der Waals surface area contributed by atoms with Crippen molar-refractivity contribution in [3.8, 4) is 0 Å². The summed E-state index contributed by atoms with van der Waals surface area (Å²) in [6, 6.07) is 7.88. The number of amides is 2. The van der Waals surface area contributed by atoms with E-state index in [4.69, 9.17) is 5.11 Å². The van der Waals surface area contributed by atoms with E-state index in [2.05, 4.69) is 15.7 Å². The first-order valence-corrected chi connectivity index (χ1v) is 7.61. The molecule has 0 aliphatic heterocycles. The minimum absolute atomic E-state index is 0.191. The van der Waals surface area contributed by atoms with E-state index in [1.54, 1.807) is 22.9 Å². The second-order valence-electron chi connectivity index (χ2n) is 6.57. The summed E-state index contributed by atoms with van der Waals surface area (Å²) in [5, 5.41) is 18.9. The summed E-state index contributed by atoms with van der Waals surface area (Å²) in [5.41, 5.74) is 1.46. The maximum Gasteiger partial charge on any atom is 0.335 e. The molecule has 24 heavy (non-hydrogen) atoms. The highest BCUT2D eigenvalue weighted by molar-refractivity contribution is 5.89. The van der Waals surface area contributed by atoms with Crippen molar-refractivity contribution in [3.63, 3.8) is 0 Å². The van der Waals surface area contributed by atoms with Gasteiger partial charge in [-0.15, -0.1) is 0 Å². The van der Waals surface area contributed by atoms with Crippen LogP contribution < -0.4 is 10.6 Å². The standard InChI is InChI=1S/C17H22N4O3/c1-11-8-14(21(20-11)17(2,3)4)19-16(24)18-10-12-6-5-7-13(9-12)15(22)23/h5-9H,10H2,1-4H3,(H,22,23)(H2,18,19,24). The summed E-state index contributed by atoms with van der Waals surface area (Å²) in [6.45, 7) is 8.10. The van der Waals surface area contributed by atoms with E-state index in [0.29, 0.717) is 11.4 Å². The average molecular weight is 330 g/mol. The van der Waals surface area contributed by atoms with Crippen molar-refractivity contribution in [1.29, 1.82) is 0 Å². The molecular formula is C17H22N4O3. The van der Waals surface area contributed by atoms with Crippen molar-refractivity contribution in [2.45, 2.75) is 39.8 Å². The van der Waals surface area contributed by atoms with Gasteiger partial charge in [0.25, 0.3) is 0 Å². The number of carbonyl (C=O) groups excluding carboxylic acids is 1. The highest BCUT2D eigenvalue weighted by Gasteiger charge is 2.19. The molecule has 1 aromatic carbocycles. The first-order chi connectivity index (χ1) is 11.2. The van der Waals surface area contributed by atoms with Crippen LogP contribution >= 0.6 is 0 Å². The quantitative estimate of drug-likeness (QED) is 0.803. The summed E-state index contributed by atoms with van der Waals surface area (Å²) in [6.07, 6.45) is 0. The fraction of sp³-hybridized carbons (Fsp3) is 0.353. The Kier molecular flexibility index (Phi) is 4.92. The van der Waals surface area contributed by atoms with Crippen LogP contribution in [0.5, 0.6) is 0 Å². The Balaban J connectivity index is 2.02. The van der Waals surface area contributed by atoms with Crippen LogP contribution in [0.1, 0.15) is 42.4 Å². The first-order valence-electron chi connectivity index (χ1n) is 7.61. The SMILES string of the molecule is Cc1cc(NC(=O)NCc2cccc(C(=O)O)c2)n(C(C)(C)C)n1. The van der Waals surface area contributed by atoms with E-state index in [9.17, 15) is 9.59 Å². The van der Waals surface area contributed by atoms with Gasteiger partial charge in [0, 0.05) is 12.6 Å². The summed E-state index contributed by atoms with van der Waals surface area (Å²) in [7, 11) is 0.